The summed E-state index contributed by atoms with van der Waals surface area (Å²) in [7, 11) is 0. The van der Waals surface area contributed by atoms with E-state index in [1.54, 1.807) is 31.2 Å². The molecule has 0 aliphatic carbocycles. The summed E-state index contributed by atoms with van der Waals surface area (Å²) < 4.78 is 5.27. The lowest BCUT2D eigenvalue weighted by atomic mass is 10.2. The van der Waals surface area contributed by atoms with Crippen LogP contribution in [0, 0.1) is 0 Å². The van der Waals surface area contributed by atoms with E-state index >= 15 is 0 Å². The first-order chi connectivity index (χ1) is 12.6. The highest BCUT2D eigenvalue weighted by atomic mass is 32.1. The molecular formula is C20H18N2O3S. The average molecular weight is 366 g/mol. The average Bonchev–Trinajstić information content (AvgIpc) is 3.16. The minimum Gasteiger partial charge on any atom is -0.458 e. The Morgan fingerprint density at radius 2 is 1.73 bits per heavy atom. The van der Waals surface area contributed by atoms with Crippen LogP contribution in [0.5, 0.6) is 0 Å². The zero-order chi connectivity index (χ0) is 18.4. The Morgan fingerprint density at radius 3 is 2.42 bits per heavy atom. The van der Waals surface area contributed by atoms with Crippen LogP contribution in [0.1, 0.15) is 23.0 Å². The number of ether oxygens (including phenoxy) is 1. The number of nitrogens with one attached hydrogen (secondary N) is 1. The third kappa shape index (κ3) is 4.55. The van der Waals surface area contributed by atoms with Crippen molar-refractivity contribution in [3.63, 3.8) is 0 Å². The van der Waals surface area contributed by atoms with Gasteiger partial charge in [-0.1, -0.05) is 48.5 Å². The number of amides is 1. The van der Waals surface area contributed by atoms with Crippen molar-refractivity contribution in [2.75, 3.05) is 0 Å². The van der Waals surface area contributed by atoms with E-state index in [0.29, 0.717) is 11.3 Å². The van der Waals surface area contributed by atoms with E-state index in [4.69, 9.17) is 4.74 Å². The Hall–Kier alpha value is -2.99. The van der Waals surface area contributed by atoms with Crippen LogP contribution in [0.4, 0.5) is 0 Å². The first kappa shape index (κ1) is 17.8. The molecule has 1 amide bonds. The molecule has 5 nitrogen and oxygen atoms in total. The Labute approximate surface area is 155 Å². The van der Waals surface area contributed by atoms with Crippen LogP contribution in [0.2, 0.25) is 0 Å². The molecule has 3 rings (SSSR count). The summed E-state index contributed by atoms with van der Waals surface area (Å²) in [6, 6.07) is 17.8. The highest BCUT2D eigenvalue weighted by Crippen LogP contribution is 2.23. The summed E-state index contributed by atoms with van der Waals surface area (Å²) in [5.74, 6) is -0.807. The zero-order valence-electron chi connectivity index (χ0n) is 14.2. The van der Waals surface area contributed by atoms with E-state index in [9.17, 15) is 9.59 Å². The molecule has 26 heavy (non-hydrogen) atoms. The predicted octanol–water partition coefficient (Wildman–Crippen LogP) is 3.67. The molecule has 2 aromatic carbocycles. The summed E-state index contributed by atoms with van der Waals surface area (Å²) >= 11 is 1.50. The number of carbonyl (C=O) groups excluding carboxylic acids is 2. The number of nitrogens with zero attached hydrogens (tertiary/aromatic N) is 1. The standard InChI is InChI=1S/C20H18N2O3S/c1-14(21-18(23)15-8-4-2-5-9-15)20(24)25-12-17-13-26-19(22-17)16-10-6-3-7-11-16/h2-11,13-14H,12H2,1H3,(H,21,23). The van der Waals surface area contributed by atoms with Gasteiger partial charge in [-0.05, 0) is 19.1 Å². The largest absolute Gasteiger partial charge is 0.458 e. The molecule has 0 radical (unpaired) electrons. The minimum atomic E-state index is -0.741. The van der Waals surface area contributed by atoms with Gasteiger partial charge in [0.1, 0.15) is 17.7 Å². The third-order valence-electron chi connectivity index (χ3n) is 3.67. The highest BCUT2D eigenvalue weighted by molar-refractivity contribution is 7.13. The molecular weight excluding hydrogens is 348 g/mol. The zero-order valence-corrected chi connectivity index (χ0v) is 15.0. The summed E-state index contributed by atoms with van der Waals surface area (Å²) in [6.45, 7) is 1.67. The maximum Gasteiger partial charge on any atom is 0.328 e. The van der Waals surface area contributed by atoms with Gasteiger partial charge in [-0.3, -0.25) is 4.79 Å². The lowest BCUT2D eigenvalue weighted by Crippen LogP contribution is -2.39. The monoisotopic (exact) mass is 366 g/mol. The van der Waals surface area contributed by atoms with Gasteiger partial charge in [0.15, 0.2) is 0 Å². The second-order valence-electron chi connectivity index (χ2n) is 5.68. The first-order valence-electron chi connectivity index (χ1n) is 8.16. The molecule has 1 unspecified atom stereocenters. The quantitative estimate of drug-likeness (QED) is 0.676. The third-order valence-corrected chi connectivity index (χ3v) is 4.61. The van der Waals surface area contributed by atoms with Gasteiger partial charge in [-0.25, -0.2) is 9.78 Å². The van der Waals surface area contributed by atoms with Crippen molar-refractivity contribution < 1.29 is 14.3 Å². The number of rotatable bonds is 6. The number of thiazole rings is 1. The molecule has 1 heterocycles. The van der Waals surface area contributed by atoms with Crippen molar-refractivity contribution in [3.8, 4) is 10.6 Å². The maximum absolute atomic E-state index is 12.1. The SMILES string of the molecule is CC(NC(=O)c1ccccc1)C(=O)OCc1csc(-c2ccccc2)n1. The van der Waals surface area contributed by atoms with E-state index in [2.05, 4.69) is 10.3 Å². The number of benzene rings is 2. The van der Waals surface area contributed by atoms with Crippen LogP contribution in [0.3, 0.4) is 0 Å². The van der Waals surface area contributed by atoms with E-state index in [1.807, 2.05) is 41.8 Å². The fourth-order valence-corrected chi connectivity index (χ4v) is 3.10. The normalized spacial score (nSPS) is 11.6. The summed E-state index contributed by atoms with van der Waals surface area (Å²) in [5, 5.41) is 5.37. The van der Waals surface area contributed by atoms with Crippen LogP contribution in [0.25, 0.3) is 10.6 Å². The van der Waals surface area contributed by atoms with Gasteiger partial charge < -0.3 is 10.1 Å². The van der Waals surface area contributed by atoms with Crippen molar-refractivity contribution >= 4 is 23.2 Å². The lowest BCUT2D eigenvalue weighted by Gasteiger charge is -2.12. The van der Waals surface area contributed by atoms with Crippen molar-refractivity contribution in [2.45, 2.75) is 19.6 Å². The number of aromatic nitrogens is 1. The fraction of sp³-hybridized carbons (Fsp3) is 0.150. The van der Waals surface area contributed by atoms with Gasteiger partial charge in [0.2, 0.25) is 0 Å². The highest BCUT2D eigenvalue weighted by Gasteiger charge is 2.18. The van der Waals surface area contributed by atoms with Crippen LogP contribution >= 0.6 is 11.3 Å². The Bertz CT molecular complexity index is 878. The van der Waals surface area contributed by atoms with E-state index in [-0.39, 0.29) is 12.5 Å². The van der Waals surface area contributed by atoms with Gasteiger partial charge in [0.25, 0.3) is 5.91 Å². The van der Waals surface area contributed by atoms with Gasteiger partial charge in [-0.15, -0.1) is 11.3 Å². The van der Waals surface area contributed by atoms with Crippen molar-refractivity contribution in [3.05, 3.63) is 77.3 Å². The van der Waals surface area contributed by atoms with Crippen molar-refractivity contribution in [1.29, 1.82) is 0 Å². The molecule has 1 atom stereocenters. The van der Waals surface area contributed by atoms with E-state index in [1.165, 1.54) is 11.3 Å². The van der Waals surface area contributed by atoms with Crippen LogP contribution in [0.15, 0.2) is 66.0 Å². The number of esters is 1. The summed E-state index contributed by atoms with van der Waals surface area (Å²) in [5.41, 5.74) is 2.21. The van der Waals surface area contributed by atoms with E-state index < -0.39 is 12.0 Å². The smallest absolute Gasteiger partial charge is 0.328 e. The molecule has 6 heteroatoms. The molecule has 0 spiro atoms. The molecule has 132 valence electrons. The molecule has 3 aromatic rings. The number of hydrogen-bond acceptors (Lipinski definition) is 5. The maximum atomic E-state index is 12.1. The number of hydrogen-bond donors (Lipinski definition) is 1. The van der Waals surface area contributed by atoms with E-state index in [0.717, 1.165) is 10.6 Å². The van der Waals surface area contributed by atoms with Crippen LogP contribution in [-0.2, 0) is 16.1 Å². The summed E-state index contributed by atoms with van der Waals surface area (Å²) in [4.78, 5) is 28.6. The number of carbonyl (C=O) groups is 2. The predicted molar refractivity (Wildman–Crippen MR) is 101 cm³/mol. The molecule has 0 saturated carbocycles. The molecule has 0 aliphatic heterocycles. The Balaban J connectivity index is 1.52. The Kier molecular flexibility index (Phi) is 5.76. The molecule has 0 aliphatic rings. The second-order valence-corrected chi connectivity index (χ2v) is 6.54. The second kappa shape index (κ2) is 8.40. The lowest BCUT2D eigenvalue weighted by molar-refractivity contribution is -0.146. The fourth-order valence-electron chi connectivity index (χ4n) is 2.29. The van der Waals surface area contributed by atoms with Gasteiger partial charge in [0, 0.05) is 16.5 Å². The first-order valence-corrected chi connectivity index (χ1v) is 9.04. The molecule has 0 saturated heterocycles. The van der Waals surface area contributed by atoms with Crippen LogP contribution in [-0.4, -0.2) is 22.9 Å². The molecule has 1 N–H and O–H groups in total. The van der Waals surface area contributed by atoms with Gasteiger partial charge >= 0.3 is 5.97 Å². The van der Waals surface area contributed by atoms with Gasteiger partial charge in [0.05, 0.1) is 5.69 Å². The Morgan fingerprint density at radius 1 is 1.08 bits per heavy atom. The van der Waals surface area contributed by atoms with Crippen molar-refractivity contribution in [1.82, 2.24) is 10.3 Å². The van der Waals surface area contributed by atoms with Crippen LogP contribution < -0.4 is 5.32 Å². The minimum absolute atomic E-state index is 0.0771. The topological polar surface area (TPSA) is 68.3 Å². The van der Waals surface area contributed by atoms with Crippen molar-refractivity contribution in [2.24, 2.45) is 0 Å². The summed E-state index contributed by atoms with van der Waals surface area (Å²) in [6.07, 6.45) is 0. The molecule has 0 fully saturated rings. The molecule has 1 aromatic heterocycles. The molecule has 0 bridgehead atoms. The van der Waals surface area contributed by atoms with Gasteiger partial charge in [-0.2, -0.15) is 0 Å².